The lowest BCUT2D eigenvalue weighted by molar-refractivity contribution is -0.113. The molecule has 0 saturated carbocycles. The topological polar surface area (TPSA) is 51.1 Å². The van der Waals surface area contributed by atoms with Gasteiger partial charge in [-0.15, -0.1) is 0 Å². The number of amides is 1. The van der Waals surface area contributed by atoms with Crippen LogP contribution in [0.1, 0.15) is 11.1 Å². The van der Waals surface area contributed by atoms with Gasteiger partial charge in [-0.3, -0.25) is 9.69 Å². The number of benzene rings is 3. The van der Waals surface area contributed by atoms with Gasteiger partial charge < -0.3 is 9.47 Å². The maximum Gasteiger partial charge on any atom is 0.282 e. The van der Waals surface area contributed by atoms with Crippen molar-refractivity contribution in [3.05, 3.63) is 95.7 Å². The first-order valence-electron chi connectivity index (χ1n) is 9.18. The molecule has 0 saturated heterocycles. The number of nitrogens with zero attached hydrogens (tertiary/aromatic N) is 2. The molecule has 0 aromatic heterocycles. The predicted octanol–water partition coefficient (Wildman–Crippen LogP) is 4.54. The second-order valence-corrected chi connectivity index (χ2v) is 6.45. The first-order valence-corrected chi connectivity index (χ1v) is 9.18. The van der Waals surface area contributed by atoms with Gasteiger partial charge in [-0.25, -0.2) is 4.99 Å². The van der Waals surface area contributed by atoms with Crippen LogP contribution in [0.3, 0.4) is 0 Å². The van der Waals surface area contributed by atoms with Gasteiger partial charge in [0.1, 0.15) is 23.0 Å². The summed E-state index contributed by atoms with van der Waals surface area (Å²) >= 11 is 0. The standard InChI is InChI=1S/C24H20N2O3/c1-28-20-13-11-18(12-14-20)23-25-22(16-17-7-6-10-21(15-17)29-2)24(27)26(23)19-8-4-3-5-9-19/h3-16H,1-2H3/b22-16+. The van der Waals surface area contributed by atoms with Gasteiger partial charge in [0, 0.05) is 5.56 Å². The van der Waals surface area contributed by atoms with E-state index in [1.54, 1.807) is 25.2 Å². The largest absolute Gasteiger partial charge is 0.497 e. The summed E-state index contributed by atoms with van der Waals surface area (Å²) in [7, 11) is 3.24. The van der Waals surface area contributed by atoms with Gasteiger partial charge in [0.2, 0.25) is 0 Å². The summed E-state index contributed by atoms with van der Waals surface area (Å²) in [6.07, 6.45) is 1.78. The van der Waals surface area contributed by atoms with E-state index >= 15 is 0 Å². The Kier molecular flexibility index (Phi) is 5.12. The number of methoxy groups -OCH3 is 2. The number of amidine groups is 1. The SMILES string of the molecule is COc1ccc(C2=N/C(=C/c3cccc(OC)c3)C(=O)N2c2ccccc2)cc1. The summed E-state index contributed by atoms with van der Waals surface area (Å²) in [6, 6.07) is 24.5. The quantitative estimate of drug-likeness (QED) is 0.607. The van der Waals surface area contributed by atoms with Crippen molar-refractivity contribution in [1.29, 1.82) is 0 Å². The highest BCUT2D eigenvalue weighted by Crippen LogP contribution is 2.28. The Labute approximate surface area is 169 Å². The summed E-state index contributed by atoms with van der Waals surface area (Å²) in [6.45, 7) is 0. The minimum Gasteiger partial charge on any atom is -0.497 e. The van der Waals surface area contributed by atoms with Crippen LogP contribution >= 0.6 is 0 Å². The minimum atomic E-state index is -0.176. The molecule has 29 heavy (non-hydrogen) atoms. The molecular formula is C24H20N2O3. The van der Waals surface area contributed by atoms with Gasteiger partial charge in [0.05, 0.1) is 19.9 Å². The Morgan fingerprint density at radius 3 is 2.24 bits per heavy atom. The van der Waals surface area contributed by atoms with E-state index in [2.05, 4.69) is 4.99 Å². The van der Waals surface area contributed by atoms with Crippen LogP contribution < -0.4 is 14.4 Å². The Hall–Kier alpha value is -3.86. The number of ether oxygens (including phenoxy) is 2. The van der Waals surface area contributed by atoms with Crippen molar-refractivity contribution in [2.24, 2.45) is 4.99 Å². The van der Waals surface area contributed by atoms with E-state index in [0.717, 1.165) is 28.3 Å². The van der Waals surface area contributed by atoms with Crippen LogP contribution in [-0.4, -0.2) is 26.0 Å². The maximum atomic E-state index is 13.3. The predicted molar refractivity (Wildman–Crippen MR) is 114 cm³/mol. The van der Waals surface area contributed by atoms with E-state index in [4.69, 9.17) is 9.47 Å². The zero-order valence-corrected chi connectivity index (χ0v) is 16.2. The molecule has 1 aliphatic rings. The zero-order chi connectivity index (χ0) is 20.2. The smallest absolute Gasteiger partial charge is 0.282 e. The molecule has 4 rings (SSSR count). The number of hydrogen-bond donors (Lipinski definition) is 0. The lowest BCUT2D eigenvalue weighted by atomic mass is 10.1. The van der Waals surface area contributed by atoms with E-state index in [-0.39, 0.29) is 5.91 Å². The summed E-state index contributed by atoms with van der Waals surface area (Å²) in [4.78, 5) is 19.6. The van der Waals surface area contributed by atoms with E-state index < -0.39 is 0 Å². The molecule has 3 aromatic carbocycles. The zero-order valence-electron chi connectivity index (χ0n) is 16.2. The number of aliphatic imine (C=N–C) groups is 1. The molecular weight excluding hydrogens is 364 g/mol. The van der Waals surface area contributed by atoms with Crippen LogP contribution in [0.2, 0.25) is 0 Å². The minimum absolute atomic E-state index is 0.176. The molecule has 0 fully saturated rings. The summed E-state index contributed by atoms with van der Waals surface area (Å²) in [5.74, 6) is 1.88. The van der Waals surface area contributed by atoms with Gasteiger partial charge in [-0.2, -0.15) is 0 Å². The molecule has 1 heterocycles. The molecule has 0 bridgehead atoms. The van der Waals surface area contributed by atoms with Gasteiger partial charge in [0.15, 0.2) is 0 Å². The van der Waals surface area contributed by atoms with Gasteiger partial charge in [-0.1, -0.05) is 30.3 Å². The van der Waals surface area contributed by atoms with E-state index in [0.29, 0.717) is 11.5 Å². The molecule has 144 valence electrons. The van der Waals surface area contributed by atoms with Crippen molar-refractivity contribution in [2.75, 3.05) is 19.1 Å². The fourth-order valence-electron chi connectivity index (χ4n) is 3.16. The monoisotopic (exact) mass is 384 g/mol. The molecule has 1 aliphatic heterocycles. The normalized spacial score (nSPS) is 14.8. The Morgan fingerprint density at radius 1 is 0.828 bits per heavy atom. The van der Waals surface area contributed by atoms with E-state index in [9.17, 15) is 4.79 Å². The second-order valence-electron chi connectivity index (χ2n) is 6.45. The first kappa shape index (κ1) is 18.5. The van der Waals surface area contributed by atoms with Crippen molar-refractivity contribution in [1.82, 2.24) is 0 Å². The number of carbonyl (C=O) groups excluding carboxylic acids is 1. The van der Waals surface area contributed by atoms with Crippen molar-refractivity contribution < 1.29 is 14.3 Å². The molecule has 1 amide bonds. The summed E-state index contributed by atoms with van der Waals surface area (Å²) < 4.78 is 10.5. The van der Waals surface area contributed by atoms with Gasteiger partial charge >= 0.3 is 0 Å². The number of hydrogen-bond acceptors (Lipinski definition) is 4. The molecule has 0 unspecified atom stereocenters. The summed E-state index contributed by atoms with van der Waals surface area (Å²) in [5, 5.41) is 0. The Morgan fingerprint density at radius 2 is 1.55 bits per heavy atom. The third-order valence-electron chi connectivity index (χ3n) is 4.62. The van der Waals surface area contributed by atoms with E-state index in [1.165, 1.54) is 0 Å². The van der Waals surface area contributed by atoms with Crippen LogP contribution in [0.25, 0.3) is 6.08 Å². The van der Waals surface area contributed by atoms with Crippen LogP contribution in [0.5, 0.6) is 11.5 Å². The number of rotatable bonds is 5. The van der Waals surface area contributed by atoms with Crippen molar-refractivity contribution >= 4 is 23.5 Å². The second kappa shape index (κ2) is 8.02. The maximum absolute atomic E-state index is 13.3. The molecule has 0 aliphatic carbocycles. The average Bonchev–Trinajstić information content (AvgIpc) is 3.10. The third-order valence-corrected chi connectivity index (χ3v) is 4.62. The fraction of sp³-hybridized carbons (Fsp3) is 0.0833. The van der Waals surface area contributed by atoms with Crippen LogP contribution in [0.15, 0.2) is 89.6 Å². The van der Waals surface area contributed by atoms with Crippen LogP contribution in [0.4, 0.5) is 5.69 Å². The Bertz CT molecular complexity index is 1090. The Balaban J connectivity index is 1.79. The molecule has 0 N–H and O–H groups in total. The third kappa shape index (κ3) is 3.75. The van der Waals surface area contributed by atoms with Crippen LogP contribution in [-0.2, 0) is 4.79 Å². The lowest BCUT2D eigenvalue weighted by Crippen LogP contribution is -2.32. The molecule has 0 radical (unpaired) electrons. The highest BCUT2D eigenvalue weighted by Gasteiger charge is 2.32. The molecule has 5 nitrogen and oxygen atoms in total. The molecule has 5 heteroatoms. The number of para-hydroxylation sites is 1. The number of carbonyl (C=O) groups is 1. The molecule has 3 aromatic rings. The first-order chi connectivity index (χ1) is 14.2. The molecule has 0 atom stereocenters. The molecule has 0 spiro atoms. The highest BCUT2D eigenvalue weighted by molar-refractivity contribution is 6.33. The van der Waals surface area contributed by atoms with Crippen molar-refractivity contribution in [2.45, 2.75) is 0 Å². The summed E-state index contributed by atoms with van der Waals surface area (Å²) in [5.41, 5.74) is 2.81. The average molecular weight is 384 g/mol. The van der Waals surface area contributed by atoms with Gasteiger partial charge in [0.25, 0.3) is 5.91 Å². The van der Waals surface area contributed by atoms with Crippen molar-refractivity contribution in [3.63, 3.8) is 0 Å². The van der Waals surface area contributed by atoms with Gasteiger partial charge in [-0.05, 0) is 60.2 Å². The fourth-order valence-corrected chi connectivity index (χ4v) is 3.16. The lowest BCUT2D eigenvalue weighted by Gasteiger charge is -2.18. The van der Waals surface area contributed by atoms with Crippen LogP contribution in [0, 0.1) is 0 Å². The number of anilines is 1. The highest BCUT2D eigenvalue weighted by atomic mass is 16.5. The van der Waals surface area contributed by atoms with Crippen molar-refractivity contribution in [3.8, 4) is 11.5 Å². The van der Waals surface area contributed by atoms with E-state index in [1.807, 2.05) is 78.9 Å².